The van der Waals surface area contributed by atoms with Crippen LogP contribution in [0.3, 0.4) is 0 Å². The van der Waals surface area contributed by atoms with Gasteiger partial charge in [-0.15, -0.1) is 0 Å². The van der Waals surface area contributed by atoms with Crippen molar-refractivity contribution in [1.82, 2.24) is 0 Å². The average Bonchev–Trinajstić information content (AvgIpc) is 1.59. The van der Waals surface area contributed by atoms with Gasteiger partial charge < -0.3 is 10.2 Å². The largest absolute Gasteiger partial charge is 0.393 e. The van der Waals surface area contributed by atoms with Crippen molar-refractivity contribution in [2.45, 2.75) is 38.9 Å². The molecule has 0 saturated heterocycles. The van der Waals surface area contributed by atoms with Gasteiger partial charge in [0.1, 0.15) is 0 Å². The van der Waals surface area contributed by atoms with Gasteiger partial charge in [0.15, 0.2) is 0 Å². The van der Waals surface area contributed by atoms with Crippen molar-refractivity contribution < 1.29 is 10.2 Å². The lowest BCUT2D eigenvalue weighted by molar-refractivity contribution is 0.0476. The Hall–Kier alpha value is -0.340. The summed E-state index contributed by atoms with van der Waals surface area (Å²) < 4.78 is 0. The van der Waals surface area contributed by atoms with Gasteiger partial charge in [-0.05, 0) is 20.8 Å². The van der Waals surface area contributed by atoms with E-state index >= 15 is 0 Å². The molecule has 10 heavy (non-hydrogen) atoms. The number of hydrogen-bond acceptors (Lipinski definition) is 2. The van der Waals surface area contributed by atoms with E-state index in [-0.39, 0.29) is 0 Å². The van der Waals surface area contributed by atoms with E-state index in [1.165, 1.54) is 0 Å². The van der Waals surface area contributed by atoms with Crippen molar-refractivity contribution in [2.24, 2.45) is 0 Å². The van der Waals surface area contributed by atoms with E-state index in [9.17, 15) is 5.11 Å². The number of aliphatic hydroxyl groups excluding tert-OH is 1. The SMILES string of the molecule is C/C=C/C(C)(O)CC(C)O. The van der Waals surface area contributed by atoms with Crippen LogP contribution in [0.1, 0.15) is 27.2 Å². The van der Waals surface area contributed by atoms with Gasteiger partial charge in [-0.3, -0.25) is 0 Å². The van der Waals surface area contributed by atoms with Gasteiger partial charge >= 0.3 is 0 Å². The van der Waals surface area contributed by atoms with Gasteiger partial charge in [-0.2, -0.15) is 0 Å². The predicted molar refractivity (Wildman–Crippen MR) is 41.7 cm³/mol. The van der Waals surface area contributed by atoms with Crippen LogP contribution in [-0.4, -0.2) is 21.9 Å². The zero-order chi connectivity index (χ0) is 8.20. The minimum absolute atomic E-state index is 0.386. The van der Waals surface area contributed by atoms with Crippen molar-refractivity contribution >= 4 is 0 Å². The maximum Gasteiger partial charge on any atom is 0.0824 e. The zero-order valence-electron chi connectivity index (χ0n) is 6.83. The molecule has 2 N–H and O–H groups in total. The second-order valence-corrected chi connectivity index (χ2v) is 2.91. The molecule has 60 valence electrons. The Morgan fingerprint density at radius 2 is 2.10 bits per heavy atom. The summed E-state index contributed by atoms with van der Waals surface area (Å²) in [7, 11) is 0. The summed E-state index contributed by atoms with van der Waals surface area (Å²) in [5.74, 6) is 0. The fourth-order valence-corrected chi connectivity index (χ4v) is 1.03. The Labute approximate surface area is 62.2 Å². The van der Waals surface area contributed by atoms with Crippen molar-refractivity contribution in [1.29, 1.82) is 0 Å². The Kier molecular flexibility index (Phi) is 3.61. The van der Waals surface area contributed by atoms with Crippen LogP contribution in [-0.2, 0) is 0 Å². The standard InChI is InChI=1S/C8H16O2/c1-4-5-8(3,10)6-7(2)9/h4-5,7,9-10H,6H2,1-3H3/b5-4+. The lowest BCUT2D eigenvalue weighted by Crippen LogP contribution is -2.25. The summed E-state index contributed by atoms with van der Waals surface area (Å²) in [6.07, 6.45) is 3.39. The lowest BCUT2D eigenvalue weighted by atomic mass is 9.99. The summed E-state index contributed by atoms with van der Waals surface area (Å²) in [6, 6.07) is 0. The second-order valence-electron chi connectivity index (χ2n) is 2.91. The maximum absolute atomic E-state index is 9.44. The van der Waals surface area contributed by atoms with Gasteiger partial charge in [0, 0.05) is 6.42 Å². The molecule has 2 nitrogen and oxygen atoms in total. The normalized spacial score (nSPS) is 20.9. The van der Waals surface area contributed by atoms with Gasteiger partial charge in [0.2, 0.25) is 0 Å². The third-order valence-corrected chi connectivity index (χ3v) is 1.23. The fourth-order valence-electron chi connectivity index (χ4n) is 1.03. The number of hydrogen-bond donors (Lipinski definition) is 2. The topological polar surface area (TPSA) is 40.5 Å². The Bertz CT molecular complexity index is 114. The number of allylic oxidation sites excluding steroid dienone is 1. The molecule has 0 aliphatic rings. The van der Waals surface area contributed by atoms with E-state index in [2.05, 4.69) is 0 Å². The summed E-state index contributed by atoms with van der Waals surface area (Å²) >= 11 is 0. The molecule has 0 amide bonds. The highest BCUT2D eigenvalue weighted by Gasteiger charge is 2.17. The maximum atomic E-state index is 9.44. The quantitative estimate of drug-likeness (QED) is 0.582. The molecule has 2 atom stereocenters. The Morgan fingerprint density at radius 3 is 2.40 bits per heavy atom. The summed E-state index contributed by atoms with van der Waals surface area (Å²) in [5.41, 5.74) is -0.858. The first kappa shape index (κ1) is 9.66. The Balaban J connectivity index is 3.86. The van der Waals surface area contributed by atoms with Gasteiger partial charge in [0.05, 0.1) is 11.7 Å². The molecule has 0 saturated carbocycles. The summed E-state index contributed by atoms with van der Waals surface area (Å²) in [5, 5.41) is 18.4. The average molecular weight is 144 g/mol. The first-order chi connectivity index (χ1) is 4.48. The minimum Gasteiger partial charge on any atom is -0.393 e. The smallest absolute Gasteiger partial charge is 0.0824 e. The number of rotatable bonds is 3. The van der Waals surface area contributed by atoms with Crippen molar-refractivity contribution in [3.63, 3.8) is 0 Å². The molecule has 0 bridgehead atoms. The molecule has 0 aromatic heterocycles. The van der Waals surface area contributed by atoms with E-state index in [1.807, 2.05) is 6.92 Å². The van der Waals surface area contributed by atoms with E-state index in [1.54, 1.807) is 26.0 Å². The molecule has 0 heterocycles. The van der Waals surface area contributed by atoms with Gasteiger partial charge in [-0.25, -0.2) is 0 Å². The molecular weight excluding hydrogens is 128 g/mol. The number of aliphatic hydroxyl groups is 2. The molecule has 2 heteroatoms. The molecule has 0 aromatic rings. The Morgan fingerprint density at radius 1 is 1.60 bits per heavy atom. The summed E-state index contributed by atoms with van der Waals surface area (Å²) in [4.78, 5) is 0. The van der Waals surface area contributed by atoms with Gasteiger partial charge in [-0.1, -0.05) is 12.2 Å². The van der Waals surface area contributed by atoms with Crippen molar-refractivity contribution in [3.8, 4) is 0 Å². The van der Waals surface area contributed by atoms with E-state index in [0.717, 1.165) is 0 Å². The molecule has 0 radical (unpaired) electrons. The molecule has 0 aliphatic heterocycles. The van der Waals surface area contributed by atoms with Crippen molar-refractivity contribution in [2.75, 3.05) is 0 Å². The van der Waals surface area contributed by atoms with E-state index < -0.39 is 11.7 Å². The highest BCUT2D eigenvalue weighted by atomic mass is 16.3. The third-order valence-electron chi connectivity index (χ3n) is 1.23. The predicted octanol–water partition coefficient (Wildman–Crippen LogP) is 1.08. The first-order valence-electron chi connectivity index (χ1n) is 3.52. The van der Waals surface area contributed by atoms with Crippen molar-refractivity contribution in [3.05, 3.63) is 12.2 Å². The van der Waals surface area contributed by atoms with Crippen LogP contribution in [0.2, 0.25) is 0 Å². The van der Waals surface area contributed by atoms with Crippen LogP contribution >= 0.6 is 0 Å². The fraction of sp³-hybridized carbons (Fsp3) is 0.750. The van der Waals surface area contributed by atoms with E-state index in [0.29, 0.717) is 6.42 Å². The van der Waals surface area contributed by atoms with Crippen LogP contribution in [0.4, 0.5) is 0 Å². The summed E-state index contributed by atoms with van der Waals surface area (Å²) in [6.45, 7) is 5.19. The third kappa shape index (κ3) is 4.53. The molecule has 0 aromatic carbocycles. The molecular formula is C8H16O2. The zero-order valence-corrected chi connectivity index (χ0v) is 6.83. The lowest BCUT2D eigenvalue weighted by Gasteiger charge is -2.19. The highest BCUT2D eigenvalue weighted by Crippen LogP contribution is 2.13. The highest BCUT2D eigenvalue weighted by molar-refractivity contribution is 4.96. The van der Waals surface area contributed by atoms with E-state index in [4.69, 9.17) is 5.11 Å². The van der Waals surface area contributed by atoms with Gasteiger partial charge in [0.25, 0.3) is 0 Å². The minimum atomic E-state index is -0.858. The molecule has 0 spiro atoms. The molecule has 0 rings (SSSR count). The molecule has 0 aliphatic carbocycles. The monoisotopic (exact) mass is 144 g/mol. The van der Waals surface area contributed by atoms with Crippen LogP contribution in [0.15, 0.2) is 12.2 Å². The van der Waals surface area contributed by atoms with Crippen LogP contribution < -0.4 is 0 Å². The van der Waals surface area contributed by atoms with Crippen LogP contribution in [0.25, 0.3) is 0 Å². The first-order valence-corrected chi connectivity index (χ1v) is 3.52. The molecule has 0 fully saturated rings. The molecule has 2 unspecified atom stereocenters. The van der Waals surface area contributed by atoms with Crippen LogP contribution in [0, 0.1) is 0 Å². The van der Waals surface area contributed by atoms with Crippen LogP contribution in [0.5, 0.6) is 0 Å². The second kappa shape index (κ2) is 3.74.